The molecule has 2 aromatic rings. The van der Waals surface area contributed by atoms with E-state index in [0.717, 1.165) is 43.7 Å². The Morgan fingerprint density at radius 1 is 1.26 bits per heavy atom. The first-order chi connectivity index (χ1) is 11.2. The highest BCUT2D eigenvalue weighted by Gasteiger charge is 2.18. The summed E-state index contributed by atoms with van der Waals surface area (Å²) in [6.45, 7) is 2.01. The van der Waals surface area contributed by atoms with Crippen molar-refractivity contribution >= 4 is 11.9 Å². The van der Waals surface area contributed by atoms with Gasteiger partial charge in [-0.15, -0.1) is 0 Å². The van der Waals surface area contributed by atoms with Crippen molar-refractivity contribution in [1.29, 1.82) is 0 Å². The maximum atomic E-state index is 5.76. The molecule has 0 amide bonds. The van der Waals surface area contributed by atoms with Crippen LogP contribution in [0.4, 0.5) is 11.9 Å². The summed E-state index contributed by atoms with van der Waals surface area (Å²) in [4.78, 5) is 12.8. The van der Waals surface area contributed by atoms with Crippen molar-refractivity contribution in [2.75, 3.05) is 18.2 Å². The lowest BCUT2D eigenvalue weighted by atomic mass is 10.0. The van der Waals surface area contributed by atoms with Crippen molar-refractivity contribution in [3.63, 3.8) is 0 Å². The molecule has 0 saturated heterocycles. The van der Waals surface area contributed by atoms with Crippen LogP contribution < -0.4 is 15.8 Å². The lowest BCUT2D eigenvalue weighted by molar-refractivity contribution is 0.414. The maximum Gasteiger partial charge on any atom is 0.227 e. The highest BCUT2D eigenvalue weighted by atomic mass is 16.5. The second kappa shape index (κ2) is 6.81. The molecule has 1 atom stereocenters. The number of fused-ring (bicyclic) bond motifs is 1. The molecular formula is C17H23N5O. The second-order valence-electron chi connectivity index (χ2n) is 5.86. The Morgan fingerprint density at radius 3 is 2.91 bits per heavy atom. The fourth-order valence-corrected chi connectivity index (χ4v) is 3.03. The van der Waals surface area contributed by atoms with Crippen LogP contribution in [0.1, 0.15) is 36.7 Å². The highest BCUT2D eigenvalue weighted by Crippen LogP contribution is 2.26. The van der Waals surface area contributed by atoms with E-state index in [1.807, 2.05) is 13.0 Å². The fraction of sp³-hybridized carbons (Fsp3) is 0.471. The van der Waals surface area contributed by atoms with Crippen molar-refractivity contribution in [3.05, 3.63) is 35.2 Å². The molecule has 1 heterocycles. The smallest absolute Gasteiger partial charge is 0.227 e. The van der Waals surface area contributed by atoms with Gasteiger partial charge >= 0.3 is 0 Å². The third-order valence-corrected chi connectivity index (χ3v) is 4.23. The standard InChI is InChI=1S/C17H23N5O/c1-3-15-20-16(18)22-17(21-15)19-13-6-4-5-11-10-14(23-2)8-7-12(11)9-13/h7-8,10,13H,3-6,9H2,1-2H3,(H3,18,19,20,21,22). The monoisotopic (exact) mass is 313 g/mol. The summed E-state index contributed by atoms with van der Waals surface area (Å²) in [5, 5.41) is 3.43. The van der Waals surface area contributed by atoms with Crippen molar-refractivity contribution in [1.82, 2.24) is 15.0 Å². The first kappa shape index (κ1) is 15.5. The molecule has 23 heavy (non-hydrogen) atoms. The number of rotatable bonds is 4. The summed E-state index contributed by atoms with van der Waals surface area (Å²) in [5.74, 6) is 2.50. The highest BCUT2D eigenvalue weighted by molar-refractivity contribution is 5.39. The Morgan fingerprint density at radius 2 is 2.13 bits per heavy atom. The normalized spacial score (nSPS) is 17.2. The number of hydrogen-bond acceptors (Lipinski definition) is 6. The third kappa shape index (κ3) is 3.70. The molecule has 0 spiro atoms. The van der Waals surface area contributed by atoms with Crippen LogP contribution in [0, 0.1) is 0 Å². The molecule has 1 aromatic carbocycles. The van der Waals surface area contributed by atoms with Gasteiger partial charge in [-0.3, -0.25) is 0 Å². The van der Waals surface area contributed by atoms with Gasteiger partial charge in [0.05, 0.1) is 7.11 Å². The van der Waals surface area contributed by atoms with Crippen LogP contribution >= 0.6 is 0 Å². The summed E-state index contributed by atoms with van der Waals surface area (Å²) in [7, 11) is 1.71. The lowest BCUT2D eigenvalue weighted by Crippen LogP contribution is -2.23. The van der Waals surface area contributed by atoms with Gasteiger partial charge in [0.15, 0.2) is 0 Å². The molecule has 0 saturated carbocycles. The summed E-state index contributed by atoms with van der Waals surface area (Å²) in [5.41, 5.74) is 8.50. The Labute approximate surface area is 136 Å². The minimum Gasteiger partial charge on any atom is -0.497 e. The number of nitrogens with zero attached hydrogens (tertiary/aromatic N) is 3. The van der Waals surface area contributed by atoms with Gasteiger partial charge in [0.2, 0.25) is 11.9 Å². The molecule has 1 aromatic heterocycles. The number of aryl methyl sites for hydroxylation is 2. The number of methoxy groups -OCH3 is 1. The van der Waals surface area contributed by atoms with Gasteiger partial charge in [-0.2, -0.15) is 15.0 Å². The van der Waals surface area contributed by atoms with E-state index in [1.165, 1.54) is 11.1 Å². The van der Waals surface area contributed by atoms with Gasteiger partial charge in [0.25, 0.3) is 0 Å². The number of nitrogens with one attached hydrogen (secondary N) is 1. The van der Waals surface area contributed by atoms with Crippen molar-refractivity contribution < 1.29 is 4.74 Å². The Bertz CT molecular complexity index is 689. The Hall–Kier alpha value is -2.37. The summed E-state index contributed by atoms with van der Waals surface area (Å²) in [6, 6.07) is 6.63. The van der Waals surface area contributed by atoms with Gasteiger partial charge in [-0.05, 0) is 48.9 Å². The second-order valence-corrected chi connectivity index (χ2v) is 5.86. The van der Waals surface area contributed by atoms with Gasteiger partial charge in [0.1, 0.15) is 11.6 Å². The number of benzene rings is 1. The average Bonchev–Trinajstić information content (AvgIpc) is 2.75. The molecule has 6 nitrogen and oxygen atoms in total. The minimum atomic E-state index is 0.276. The molecule has 6 heteroatoms. The molecule has 0 radical (unpaired) electrons. The van der Waals surface area contributed by atoms with E-state index < -0.39 is 0 Å². The topological polar surface area (TPSA) is 86.0 Å². The SMILES string of the molecule is CCc1nc(N)nc(NC2CCCc3cc(OC)ccc3C2)n1. The maximum absolute atomic E-state index is 5.76. The molecule has 0 fully saturated rings. The number of hydrogen-bond donors (Lipinski definition) is 2. The van der Waals surface area contributed by atoms with Crippen LogP contribution in [0.2, 0.25) is 0 Å². The van der Waals surface area contributed by atoms with Gasteiger partial charge in [0, 0.05) is 12.5 Å². The molecule has 122 valence electrons. The van der Waals surface area contributed by atoms with E-state index in [1.54, 1.807) is 7.11 Å². The van der Waals surface area contributed by atoms with Gasteiger partial charge < -0.3 is 15.8 Å². The quantitative estimate of drug-likeness (QED) is 0.843. The Balaban J connectivity index is 1.77. The van der Waals surface area contributed by atoms with E-state index in [9.17, 15) is 0 Å². The average molecular weight is 313 g/mol. The summed E-state index contributed by atoms with van der Waals surface area (Å²) in [6.07, 6.45) is 4.97. The molecule has 0 aliphatic heterocycles. The zero-order valence-electron chi connectivity index (χ0n) is 13.7. The van der Waals surface area contributed by atoms with E-state index >= 15 is 0 Å². The van der Waals surface area contributed by atoms with E-state index in [0.29, 0.717) is 12.0 Å². The van der Waals surface area contributed by atoms with Crippen LogP contribution in [0.25, 0.3) is 0 Å². The summed E-state index contributed by atoms with van der Waals surface area (Å²) >= 11 is 0. The Kier molecular flexibility index (Phi) is 4.60. The molecule has 3 N–H and O–H groups in total. The van der Waals surface area contributed by atoms with Crippen LogP contribution in [-0.2, 0) is 19.3 Å². The van der Waals surface area contributed by atoms with E-state index in [4.69, 9.17) is 10.5 Å². The van der Waals surface area contributed by atoms with Crippen molar-refractivity contribution in [3.8, 4) is 5.75 Å². The van der Waals surface area contributed by atoms with Crippen LogP contribution in [0.5, 0.6) is 5.75 Å². The lowest BCUT2D eigenvalue weighted by Gasteiger charge is -2.17. The number of nitrogens with two attached hydrogens (primary N) is 1. The molecule has 1 unspecified atom stereocenters. The van der Waals surface area contributed by atoms with Crippen molar-refractivity contribution in [2.24, 2.45) is 0 Å². The largest absolute Gasteiger partial charge is 0.497 e. The van der Waals surface area contributed by atoms with Gasteiger partial charge in [-0.1, -0.05) is 13.0 Å². The molecule has 1 aliphatic rings. The van der Waals surface area contributed by atoms with Crippen LogP contribution in [0.3, 0.4) is 0 Å². The number of ether oxygens (including phenoxy) is 1. The van der Waals surface area contributed by atoms with E-state index in [2.05, 4.69) is 32.4 Å². The predicted molar refractivity (Wildman–Crippen MR) is 90.7 cm³/mol. The minimum absolute atomic E-state index is 0.276. The molecular weight excluding hydrogens is 290 g/mol. The molecule has 3 rings (SSSR count). The number of aromatic nitrogens is 3. The van der Waals surface area contributed by atoms with Crippen molar-refractivity contribution in [2.45, 2.75) is 45.1 Å². The zero-order chi connectivity index (χ0) is 16.2. The first-order valence-corrected chi connectivity index (χ1v) is 8.10. The summed E-state index contributed by atoms with van der Waals surface area (Å²) < 4.78 is 5.33. The van der Waals surface area contributed by atoms with Crippen LogP contribution in [0.15, 0.2) is 18.2 Å². The molecule has 1 aliphatic carbocycles. The van der Waals surface area contributed by atoms with E-state index in [-0.39, 0.29) is 5.95 Å². The van der Waals surface area contributed by atoms with Crippen LogP contribution in [-0.4, -0.2) is 28.1 Å². The third-order valence-electron chi connectivity index (χ3n) is 4.23. The number of nitrogen functional groups attached to an aromatic ring is 1. The first-order valence-electron chi connectivity index (χ1n) is 8.10. The molecule has 0 bridgehead atoms. The number of anilines is 2. The predicted octanol–water partition coefficient (Wildman–Crippen LogP) is 2.38. The van der Waals surface area contributed by atoms with Gasteiger partial charge in [-0.25, -0.2) is 0 Å². The zero-order valence-corrected chi connectivity index (χ0v) is 13.7. The fourth-order valence-electron chi connectivity index (χ4n) is 3.03.